The predicted molar refractivity (Wildman–Crippen MR) is 57.2 cm³/mol. The molecule has 1 rings (SSSR count). The topological polar surface area (TPSA) is 38.0 Å². The van der Waals surface area contributed by atoms with Crippen LogP contribution in [0, 0.1) is 0 Å². The summed E-state index contributed by atoms with van der Waals surface area (Å²) in [5.74, 6) is 0. The number of halogens is 2. The van der Waals surface area contributed by atoms with E-state index in [-0.39, 0.29) is 0 Å². The quantitative estimate of drug-likeness (QED) is 0.760. The summed E-state index contributed by atoms with van der Waals surface area (Å²) >= 11 is 11.9. The van der Waals surface area contributed by atoms with Gasteiger partial charge < -0.3 is 11.1 Å². The molecule has 13 heavy (non-hydrogen) atoms. The van der Waals surface area contributed by atoms with Crippen LogP contribution in [-0.2, 0) is 6.54 Å². The third kappa shape index (κ3) is 3.16. The second-order valence-electron chi connectivity index (χ2n) is 2.67. The zero-order valence-electron chi connectivity index (χ0n) is 7.19. The second kappa shape index (κ2) is 5.45. The fourth-order valence-corrected chi connectivity index (χ4v) is 1.55. The summed E-state index contributed by atoms with van der Waals surface area (Å²) in [6.07, 6.45) is 0. The van der Waals surface area contributed by atoms with Crippen LogP contribution in [0.25, 0.3) is 0 Å². The van der Waals surface area contributed by atoms with Crippen LogP contribution in [0.4, 0.5) is 0 Å². The number of hydrogen-bond donors (Lipinski definition) is 2. The molecular weight excluding hydrogens is 207 g/mol. The van der Waals surface area contributed by atoms with Gasteiger partial charge in [0.15, 0.2) is 0 Å². The van der Waals surface area contributed by atoms with Gasteiger partial charge in [-0.3, -0.25) is 0 Å². The van der Waals surface area contributed by atoms with Crippen LogP contribution < -0.4 is 11.1 Å². The molecule has 72 valence electrons. The molecule has 0 saturated heterocycles. The second-order valence-corrected chi connectivity index (χ2v) is 3.48. The Morgan fingerprint density at radius 2 is 1.85 bits per heavy atom. The Morgan fingerprint density at radius 1 is 1.23 bits per heavy atom. The van der Waals surface area contributed by atoms with Crippen LogP contribution in [-0.4, -0.2) is 13.1 Å². The Hall–Kier alpha value is -0.280. The molecule has 0 bridgehead atoms. The van der Waals surface area contributed by atoms with E-state index >= 15 is 0 Å². The van der Waals surface area contributed by atoms with Gasteiger partial charge in [0.2, 0.25) is 0 Å². The number of nitrogens with two attached hydrogens (primary N) is 1. The van der Waals surface area contributed by atoms with Crippen molar-refractivity contribution in [1.82, 2.24) is 5.32 Å². The molecule has 4 heteroatoms. The van der Waals surface area contributed by atoms with Gasteiger partial charge in [-0.25, -0.2) is 0 Å². The molecule has 0 aliphatic carbocycles. The normalized spacial score (nSPS) is 10.4. The highest BCUT2D eigenvalue weighted by Gasteiger charge is 2.03. The third-order valence-corrected chi connectivity index (χ3v) is 2.39. The van der Waals surface area contributed by atoms with E-state index in [1.807, 2.05) is 18.2 Å². The van der Waals surface area contributed by atoms with E-state index in [4.69, 9.17) is 28.9 Å². The van der Waals surface area contributed by atoms with E-state index in [1.165, 1.54) is 0 Å². The van der Waals surface area contributed by atoms with E-state index in [1.54, 1.807) is 0 Å². The minimum absolute atomic E-state index is 0.613. The van der Waals surface area contributed by atoms with Crippen molar-refractivity contribution in [2.24, 2.45) is 5.73 Å². The highest BCUT2D eigenvalue weighted by molar-refractivity contribution is 6.35. The number of rotatable bonds is 4. The van der Waals surface area contributed by atoms with Gasteiger partial charge in [-0.1, -0.05) is 29.3 Å². The molecule has 0 unspecified atom stereocenters. The Morgan fingerprint density at radius 3 is 2.38 bits per heavy atom. The minimum atomic E-state index is 0.613. The van der Waals surface area contributed by atoms with Gasteiger partial charge in [-0.15, -0.1) is 0 Å². The lowest BCUT2D eigenvalue weighted by Crippen LogP contribution is -2.22. The van der Waals surface area contributed by atoms with Crippen molar-refractivity contribution in [1.29, 1.82) is 0 Å². The summed E-state index contributed by atoms with van der Waals surface area (Å²) in [5, 5.41) is 4.52. The summed E-state index contributed by atoms with van der Waals surface area (Å²) in [6.45, 7) is 2.04. The molecule has 0 atom stereocenters. The van der Waals surface area contributed by atoms with Crippen LogP contribution in [0.1, 0.15) is 5.56 Å². The molecular formula is C9H12Cl2N2. The first-order valence-corrected chi connectivity index (χ1v) is 4.85. The fourth-order valence-electron chi connectivity index (χ4n) is 1.02. The Balaban J connectivity index is 2.64. The summed E-state index contributed by atoms with van der Waals surface area (Å²) < 4.78 is 0. The maximum Gasteiger partial charge on any atom is 0.0465 e. The van der Waals surface area contributed by atoms with Gasteiger partial charge in [-0.05, 0) is 12.1 Å². The van der Waals surface area contributed by atoms with Gasteiger partial charge in [0.25, 0.3) is 0 Å². The van der Waals surface area contributed by atoms with Crippen LogP contribution in [0.5, 0.6) is 0 Å². The van der Waals surface area contributed by atoms with Gasteiger partial charge in [0.05, 0.1) is 0 Å². The third-order valence-electron chi connectivity index (χ3n) is 1.68. The van der Waals surface area contributed by atoms with Gasteiger partial charge in [-0.2, -0.15) is 0 Å². The van der Waals surface area contributed by atoms with E-state index in [9.17, 15) is 0 Å². The molecule has 2 nitrogen and oxygen atoms in total. The van der Waals surface area contributed by atoms with E-state index in [0.29, 0.717) is 23.1 Å². The van der Waals surface area contributed by atoms with Crippen LogP contribution in [0.15, 0.2) is 18.2 Å². The predicted octanol–water partition coefficient (Wildman–Crippen LogP) is 2.04. The monoisotopic (exact) mass is 218 g/mol. The van der Waals surface area contributed by atoms with Crippen molar-refractivity contribution in [2.45, 2.75) is 6.54 Å². The molecule has 0 spiro atoms. The molecule has 0 aromatic heterocycles. The molecule has 0 aliphatic heterocycles. The summed E-state index contributed by atoms with van der Waals surface area (Å²) in [4.78, 5) is 0. The lowest BCUT2D eigenvalue weighted by Gasteiger charge is -2.07. The first kappa shape index (κ1) is 10.8. The molecule has 0 radical (unpaired) electrons. The van der Waals surface area contributed by atoms with Crippen LogP contribution in [0.3, 0.4) is 0 Å². The number of hydrogen-bond acceptors (Lipinski definition) is 2. The summed E-state index contributed by atoms with van der Waals surface area (Å²) in [5.41, 5.74) is 6.27. The zero-order valence-corrected chi connectivity index (χ0v) is 8.70. The Kier molecular flexibility index (Phi) is 4.53. The fraction of sp³-hybridized carbons (Fsp3) is 0.333. The maximum atomic E-state index is 5.95. The van der Waals surface area contributed by atoms with Crippen molar-refractivity contribution in [3.05, 3.63) is 33.8 Å². The summed E-state index contributed by atoms with van der Waals surface area (Å²) in [6, 6.07) is 5.48. The molecule has 0 fully saturated rings. The first-order valence-electron chi connectivity index (χ1n) is 4.09. The van der Waals surface area contributed by atoms with E-state index in [0.717, 1.165) is 12.1 Å². The molecule has 0 heterocycles. The van der Waals surface area contributed by atoms with Crippen molar-refractivity contribution in [2.75, 3.05) is 13.1 Å². The Bertz CT molecular complexity index is 256. The molecule has 0 aliphatic rings. The Labute approximate surface area is 88.0 Å². The van der Waals surface area contributed by atoms with Crippen LogP contribution >= 0.6 is 23.2 Å². The van der Waals surface area contributed by atoms with Crippen molar-refractivity contribution >= 4 is 23.2 Å². The van der Waals surface area contributed by atoms with E-state index in [2.05, 4.69) is 5.32 Å². The lowest BCUT2D eigenvalue weighted by atomic mass is 10.2. The lowest BCUT2D eigenvalue weighted by molar-refractivity contribution is 0.695. The smallest absolute Gasteiger partial charge is 0.0465 e. The van der Waals surface area contributed by atoms with Crippen molar-refractivity contribution in [3.63, 3.8) is 0 Å². The van der Waals surface area contributed by atoms with Crippen molar-refractivity contribution in [3.8, 4) is 0 Å². The largest absolute Gasteiger partial charge is 0.329 e. The minimum Gasteiger partial charge on any atom is -0.329 e. The maximum absolute atomic E-state index is 5.95. The standard InChI is InChI=1S/C9H12Cl2N2/c10-8-2-1-3-9(11)7(8)6-13-5-4-12/h1-3,13H,4-6,12H2. The van der Waals surface area contributed by atoms with Gasteiger partial charge >= 0.3 is 0 Å². The first-order chi connectivity index (χ1) is 6.25. The van der Waals surface area contributed by atoms with E-state index < -0.39 is 0 Å². The highest BCUT2D eigenvalue weighted by Crippen LogP contribution is 2.23. The molecule has 1 aromatic carbocycles. The van der Waals surface area contributed by atoms with Gasteiger partial charge in [0.1, 0.15) is 0 Å². The van der Waals surface area contributed by atoms with Crippen LogP contribution in [0.2, 0.25) is 10.0 Å². The number of benzene rings is 1. The molecule has 1 aromatic rings. The summed E-state index contributed by atoms with van der Waals surface area (Å²) in [7, 11) is 0. The number of nitrogens with one attached hydrogen (secondary N) is 1. The SMILES string of the molecule is NCCNCc1c(Cl)cccc1Cl. The molecule has 3 N–H and O–H groups in total. The van der Waals surface area contributed by atoms with Crippen molar-refractivity contribution < 1.29 is 0 Å². The zero-order chi connectivity index (χ0) is 9.68. The molecule has 0 amide bonds. The average Bonchev–Trinajstić information content (AvgIpc) is 2.10. The average molecular weight is 219 g/mol. The molecule has 0 saturated carbocycles. The highest BCUT2D eigenvalue weighted by atomic mass is 35.5. The van der Waals surface area contributed by atoms with Gasteiger partial charge in [0, 0.05) is 35.2 Å².